The van der Waals surface area contributed by atoms with Crippen LogP contribution in [0.3, 0.4) is 0 Å². The van der Waals surface area contributed by atoms with E-state index >= 15 is 0 Å². The van der Waals surface area contributed by atoms with Gasteiger partial charge in [-0.2, -0.15) is 0 Å². The predicted molar refractivity (Wildman–Crippen MR) is 58.9 cm³/mol. The topological polar surface area (TPSA) is 34.0 Å². The molecule has 2 rings (SSSR count). The summed E-state index contributed by atoms with van der Waals surface area (Å²) in [4.78, 5) is 2.43. The highest BCUT2D eigenvalue weighted by Gasteiger charge is 2.19. The van der Waals surface area contributed by atoms with Crippen molar-refractivity contribution in [3.63, 3.8) is 0 Å². The lowest BCUT2D eigenvalue weighted by molar-refractivity contribution is 0.266. The van der Waals surface area contributed by atoms with Gasteiger partial charge in [-0.05, 0) is 0 Å². The summed E-state index contributed by atoms with van der Waals surface area (Å²) in [5.41, 5.74) is 2.48. The third kappa shape index (κ3) is 1.85. The van der Waals surface area contributed by atoms with Crippen molar-refractivity contribution in [3.05, 3.63) is 11.4 Å². The number of nitrogens with zero attached hydrogens (tertiary/aromatic N) is 4. The maximum Gasteiger partial charge on any atom is 0.0999 e. The van der Waals surface area contributed by atoms with E-state index in [0.29, 0.717) is 0 Å². The van der Waals surface area contributed by atoms with Gasteiger partial charge in [0.2, 0.25) is 0 Å². The fraction of sp³-hybridized carbons (Fsp3) is 0.750. The Morgan fingerprint density at radius 1 is 1.54 bits per heavy atom. The van der Waals surface area contributed by atoms with Gasteiger partial charge in [-0.1, -0.05) is 27.8 Å². The molecule has 4 nitrogen and oxygen atoms in total. The lowest BCUT2D eigenvalue weighted by Gasteiger charge is -2.24. The molecule has 0 unspecified atom stereocenters. The Morgan fingerprint density at radius 3 is 3.15 bits per heavy atom. The molecule has 0 fully saturated rings. The molecule has 0 saturated heterocycles. The molecule has 0 spiro atoms. The van der Waals surface area contributed by atoms with Gasteiger partial charge in [0.25, 0.3) is 0 Å². The summed E-state index contributed by atoms with van der Waals surface area (Å²) >= 11 is 2.41. The smallest absolute Gasteiger partial charge is 0.0999 e. The van der Waals surface area contributed by atoms with Crippen molar-refractivity contribution in [3.8, 4) is 0 Å². The molecule has 0 N–H and O–H groups in total. The molecule has 0 amide bonds. The van der Waals surface area contributed by atoms with Crippen LogP contribution in [-0.4, -0.2) is 37.4 Å². The summed E-state index contributed by atoms with van der Waals surface area (Å²) in [6, 6.07) is 0. The summed E-state index contributed by atoms with van der Waals surface area (Å²) in [5.74, 6) is 0. The standard InChI is InChI=1S/C8H13IN4/c1-12-8-2-4-13(5-3-9)6-7(8)10-11-12/h2-6H2,1H3. The van der Waals surface area contributed by atoms with Gasteiger partial charge in [0.15, 0.2) is 0 Å². The molecule has 5 heteroatoms. The average Bonchev–Trinajstić information content (AvgIpc) is 2.48. The Morgan fingerprint density at radius 2 is 2.38 bits per heavy atom. The Hall–Kier alpha value is -0.170. The molecule has 72 valence electrons. The first-order chi connectivity index (χ1) is 6.31. The summed E-state index contributed by atoms with van der Waals surface area (Å²) < 4.78 is 3.09. The summed E-state index contributed by atoms with van der Waals surface area (Å²) in [7, 11) is 1.97. The molecule has 1 aliphatic rings. The minimum absolute atomic E-state index is 0.978. The normalized spacial score (nSPS) is 17.4. The largest absolute Gasteiger partial charge is 0.296 e. The van der Waals surface area contributed by atoms with E-state index in [9.17, 15) is 0 Å². The van der Waals surface area contributed by atoms with Crippen molar-refractivity contribution in [2.45, 2.75) is 13.0 Å². The van der Waals surface area contributed by atoms with Crippen LogP contribution in [0.5, 0.6) is 0 Å². The van der Waals surface area contributed by atoms with Crippen molar-refractivity contribution in [1.82, 2.24) is 19.9 Å². The molecule has 0 saturated carbocycles. The number of halogens is 1. The molecule has 0 radical (unpaired) electrons. The van der Waals surface area contributed by atoms with E-state index in [0.717, 1.165) is 26.1 Å². The molecule has 0 aliphatic carbocycles. The van der Waals surface area contributed by atoms with Crippen molar-refractivity contribution in [2.75, 3.05) is 17.5 Å². The number of aryl methyl sites for hydroxylation is 1. The van der Waals surface area contributed by atoms with Crippen LogP contribution in [0.15, 0.2) is 0 Å². The lowest BCUT2D eigenvalue weighted by Crippen LogP contribution is -2.32. The molecule has 2 heterocycles. The first kappa shape index (κ1) is 9.39. The Bertz CT molecular complexity index is 296. The van der Waals surface area contributed by atoms with Gasteiger partial charge in [0, 0.05) is 37.5 Å². The number of alkyl halides is 1. The van der Waals surface area contributed by atoms with Crippen LogP contribution in [0.2, 0.25) is 0 Å². The van der Waals surface area contributed by atoms with E-state index in [1.54, 1.807) is 0 Å². The highest BCUT2D eigenvalue weighted by atomic mass is 127. The number of aromatic nitrogens is 3. The van der Waals surface area contributed by atoms with E-state index in [1.165, 1.54) is 15.8 Å². The average molecular weight is 292 g/mol. The molecule has 13 heavy (non-hydrogen) atoms. The molecule has 0 atom stereocenters. The SMILES string of the molecule is Cn1nnc2c1CCN(CCI)C2. The highest BCUT2D eigenvalue weighted by molar-refractivity contribution is 14.1. The van der Waals surface area contributed by atoms with Gasteiger partial charge in [0.05, 0.1) is 11.4 Å². The van der Waals surface area contributed by atoms with Gasteiger partial charge >= 0.3 is 0 Å². The molecule has 1 aromatic heterocycles. The first-order valence-electron chi connectivity index (χ1n) is 4.47. The minimum Gasteiger partial charge on any atom is -0.296 e. The molecule has 1 aromatic rings. The number of fused-ring (bicyclic) bond motifs is 1. The molecule has 0 aromatic carbocycles. The molecule has 1 aliphatic heterocycles. The van der Waals surface area contributed by atoms with Crippen LogP contribution in [0.1, 0.15) is 11.4 Å². The van der Waals surface area contributed by atoms with Gasteiger partial charge in [-0.25, -0.2) is 0 Å². The van der Waals surface area contributed by atoms with Crippen molar-refractivity contribution in [1.29, 1.82) is 0 Å². The van der Waals surface area contributed by atoms with E-state index < -0.39 is 0 Å². The third-order valence-corrected chi connectivity index (χ3v) is 2.94. The van der Waals surface area contributed by atoms with Crippen LogP contribution in [-0.2, 0) is 20.0 Å². The number of hydrogen-bond acceptors (Lipinski definition) is 3. The summed E-state index contributed by atoms with van der Waals surface area (Å²) in [6.07, 6.45) is 1.09. The van der Waals surface area contributed by atoms with Crippen LogP contribution in [0.25, 0.3) is 0 Å². The maximum absolute atomic E-state index is 4.16. The van der Waals surface area contributed by atoms with E-state index in [4.69, 9.17) is 0 Å². The monoisotopic (exact) mass is 292 g/mol. The van der Waals surface area contributed by atoms with Crippen LogP contribution < -0.4 is 0 Å². The predicted octanol–water partition coefficient (Wildman–Crippen LogP) is 0.608. The van der Waals surface area contributed by atoms with Gasteiger partial charge in [-0.15, -0.1) is 5.10 Å². The molecule has 0 bridgehead atoms. The van der Waals surface area contributed by atoms with Crippen molar-refractivity contribution >= 4 is 22.6 Å². The summed E-state index contributed by atoms with van der Waals surface area (Å²) in [6.45, 7) is 3.29. The third-order valence-electron chi connectivity index (χ3n) is 2.46. The minimum atomic E-state index is 0.978. The number of rotatable bonds is 2. The van der Waals surface area contributed by atoms with Crippen molar-refractivity contribution in [2.24, 2.45) is 7.05 Å². The fourth-order valence-corrected chi connectivity index (χ4v) is 2.40. The second-order valence-corrected chi connectivity index (χ2v) is 4.40. The zero-order valence-corrected chi connectivity index (χ0v) is 9.86. The Kier molecular flexibility index (Phi) is 2.83. The number of hydrogen-bond donors (Lipinski definition) is 0. The Labute approximate surface area is 91.4 Å². The van der Waals surface area contributed by atoms with E-state index in [-0.39, 0.29) is 0 Å². The first-order valence-corrected chi connectivity index (χ1v) is 5.99. The second kappa shape index (κ2) is 3.91. The Balaban J connectivity index is 2.11. The van der Waals surface area contributed by atoms with Gasteiger partial charge in [-0.3, -0.25) is 9.58 Å². The zero-order valence-electron chi connectivity index (χ0n) is 7.70. The quantitative estimate of drug-likeness (QED) is 0.591. The molecular formula is C8H13IN4. The highest BCUT2D eigenvalue weighted by Crippen LogP contribution is 2.15. The second-order valence-electron chi connectivity index (χ2n) is 3.32. The molecular weight excluding hydrogens is 279 g/mol. The summed E-state index contributed by atoms with van der Waals surface area (Å²) in [5, 5.41) is 8.19. The van der Waals surface area contributed by atoms with Gasteiger partial charge < -0.3 is 0 Å². The van der Waals surface area contributed by atoms with E-state index in [1.807, 2.05) is 11.7 Å². The fourth-order valence-electron chi connectivity index (χ4n) is 1.71. The maximum atomic E-state index is 4.16. The lowest BCUT2D eigenvalue weighted by atomic mass is 10.1. The zero-order chi connectivity index (χ0) is 9.26. The van der Waals surface area contributed by atoms with E-state index in [2.05, 4.69) is 37.8 Å². The van der Waals surface area contributed by atoms with Crippen molar-refractivity contribution < 1.29 is 0 Å². The van der Waals surface area contributed by atoms with Crippen LogP contribution in [0, 0.1) is 0 Å². The van der Waals surface area contributed by atoms with Crippen LogP contribution >= 0.6 is 22.6 Å². The van der Waals surface area contributed by atoms with Crippen LogP contribution in [0.4, 0.5) is 0 Å². The van der Waals surface area contributed by atoms with Gasteiger partial charge in [0.1, 0.15) is 0 Å².